The molecule has 0 aliphatic heterocycles. The fourth-order valence-electron chi connectivity index (χ4n) is 2.12. The molecule has 104 valence electrons. The molecule has 0 fully saturated rings. The number of aromatic carboxylic acids is 1. The van der Waals surface area contributed by atoms with E-state index in [0.29, 0.717) is 5.56 Å². The first-order valence-electron chi connectivity index (χ1n) is 6.29. The summed E-state index contributed by atoms with van der Waals surface area (Å²) < 4.78 is 13.7. The van der Waals surface area contributed by atoms with Crippen LogP contribution in [-0.2, 0) is 6.54 Å². The van der Waals surface area contributed by atoms with Crippen LogP contribution in [0.2, 0.25) is 0 Å². The van der Waals surface area contributed by atoms with Crippen molar-refractivity contribution in [3.8, 4) is 0 Å². The first kappa shape index (κ1) is 14.1. The lowest BCUT2D eigenvalue weighted by Gasteiger charge is -2.10. The van der Waals surface area contributed by atoms with Crippen LogP contribution in [0.3, 0.4) is 0 Å². The molecule has 0 saturated heterocycles. The number of anilines is 1. The average Bonchev–Trinajstić information content (AvgIpc) is 2.36. The minimum atomic E-state index is -1.06. The lowest BCUT2D eigenvalue weighted by Crippen LogP contribution is -2.05. The Kier molecular flexibility index (Phi) is 4.03. The Morgan fingerprint density at radius 1 is 1.15 bits per heavy atom. The molecule has 2 rings (SSSR count). The van der Waals surface area contributed by atoms with E-state index in [1.54, 1.807) is 0 Å². The fraction of sp³-hybridized carbons (Fsp3) is 0.188. The summed E-state index contributed by atoms with van der Waals surface area (Å²) in [4.78, 5) is 10.9. The van der Waals surface area contributed by atoms with Gasteiger partial charge < -0.3 is 10.4 Å². The van der Waals surface area contributed by atoms with Crippen LogP contribution in [0.5, 0.6) is 0 Å². The summed E-state index contributed by atoms with van der Waals surface area (Å²) in [6.07, 6.45) is 0. The van der Waals surface area contributed by atoms with Crippen LogP contribution in [0.1, 0.15) is 27.0 Å². The summed E-state index contributed by atoms with van der Waals surface area (Å²) in [5.41, 5.74) is 3.55. The third-order valence-electron chi connectivity index (χ3n) is 3.00. The Morgan fingerprint density at radius 3 is 2.40 bits per heavy atom. The van der Waals surface area contributed by atoms with Gasteiger partial charge in [-0.25, -0.2) is 9.18 Å². The van der Waals surface area contributed by atoms with E-state index in [1.165, 1.54) is 18.2 Å². The minimum absolute atomic E-state index is 0.0867. The number of hydrogen-bond acceptors (Lipinski definition) is 2. The molecule has 0 aromatic heterocycles. The number of nitrogens with one attached hydrogen (secondary N) is 1. The summed E-state index contributed by atoms with van der Waals surface area (Å²) in [5, 5.41) is 12.0. The van der Waals surface area contributed by atoms with E-state index < -0.39 is 11.8 Å². The van der Waals surface area contributed by atoms with E-state index >= 15 is 0 Å². The monoisotopic (exact) mass is 273 g/mol. The second kappa shape index (κ2) is 5.74. The number of rotatable bonds is 4. The quantitative estimate of drug-likeness (QED) is 0.891. The first-order valence-corrected chi connectivity index (χ1v) is 6.29. The van der Waals surface area contributed by atoms with Crippen LogP contribution >= 0.6 is 0 Å². The molecule has 0 spiro atoms. The van der Waals surface area contributed by atoms with Gasteiger partial charge in [0, 0.05) is 17.8 Å². The molecule has 0 heterocycles. The second-order valence-corrected chi connectivity index (χ2v) is 4.84. The number of benzene rings is 2. The highest BCUT2D eigenvalue weighted by atomic mass is 19.1. The van der Waals surface area contributed by atoms with Crippen molar-refractivity contribution in [2.45, 2.75) is 20.4 Å². The smallest absolute Gasteiger partial charge is 0.335 e. The molecular formula is C16H16FNO2. The van der Waals surface area contributed by atoms with E-state index in [0.717, 1.165) is 16.8 Å². The van der Waals surface area contributed by atoms with Crippen molar-refractivity contribution in [1.82, 2.24) is 0 Å². The highest BCUT2D eigenvalue weighted by Gasteiger charge is 2.08. The summed E-state index contributed by atoms with van der Waals surface area (Å²) in [6, 6.07) is 9.78. The van der Waals surface area contributed by atoms with Gasteiger partial charge in [0.2, 0.25) is 0 Å². The summed E-state index contributed by atoms with van der Waals surface area (Å²) >= 11 is 0. The standard InChI is InChI=1S/C16H16FNO2/c1-10-5-11(2)7-14(6-10)18-9-13-8-12(16(19)20)3-4-15(13)17/h3-8,18H,9H2,1-2H3,(H,19,20). The molecule has 0 aliphatic carbocycles. The number of halogens is 1. The van der Waals surface area contributed by atoms with Crippen molar-refractivity contribution >= 4 is 11.7 Å². The number of aryl methyl sites for hydroxylation is 2. The molecule has 4 heteroatoms. The highest BCUT2D eigenvalue weighted by Crippen LogP contribution is 2.17. The lowest BCUT2D eigenvalue weighted by molar-refractivity contribution is 0.0696. The average molecular weight is 273 g/mol. The Labute approximate surface area is 117 Å². The van der Waals surface area contributed by atoms with E-state index in [4.69, 9.17) is 5.11 Å². The van der Waals surface area contributed by atoms with Crippen LogP contribution in [0, 0.1) is 19.7 Å². The van der Waals surface area contributed by atoms with Gasteiger partial charge in [0.25, 0.3) is 0 Å². The summed E-state index contributed by atoms with van der Waals surface area (Å²) in [5.74, 6) is -1.47. The number of hydrogen-bond donors (Lipinski definition) is 2. The van der Waals surface area contributed by atoms with Gasteiger partial charge in [-0.2, -0.15) is 0 Å². The van der Waals surface area contributed by atoms with Crippen molar-refractivity contribution < 1.29 is 14.3 Å². The van der Waals surface area contributed by atoms with Gasteiger partial charge in [0.05, 0.1) is 5.56 Å². The van der Waals surface area contributed by atoms with Crippen LogP contribution in [0.4, 0.5) is 10.1 Å². The molecule has 0 radical (unpaired) electrons. The third-order valence-corrected chi connectivity index (χ3v) is 3.00. The SMILES string of the molecule is Cc1cc(C)cc(NCc2cc(C(=O)O)ccc2F)c1. The van der Waals surface area contributed by atoms with Gasteiger partial charge in [-0.1, -0.05) is 6.07 Å². The van der Waals surface area contributed by atoms with Gasteiger partial charge in [-0.05, 0) is 55.3 Å². The highest BCUT2D eigenvalue weighted by molar-refractivity contribution is 5.87. The molecule has 2 aromatic rings. The van der Waals surface area contributed by atoms with Crippen molar-refractivity contribution in [2.24, 2.45) is 0 Å². The van der Waals surface area contributed by atoms with E-state index in [-0.39, 0.29) is 12.1 Å². The maximum absolute atomic E-state index is 13.7. The predicted molar refractivity (Wildman–Crippen MR) is 76.6 cm³/mol. The van der Waals surface area contributed by atoms with Crippen LogP contribution in [-0.4, -0.2) is 11.1 Å². The molecule has 2 aromatic carbocycles. The minimum Gasteiger partial charge on any atom is -0.478 e. The first-order chi connectivity index (χ1) is 9.45. The largest absolute Gasteiger partial charge is 0.478 e. The van der Waals surface area contributed by atoms with Crippen LogP contribution in [0.15, 0.2) is 36.4 Å². The summed E-state index contributed by atoms with van der Waals surface area (Å²) in [6.45, 7) is 4.23. The molecule has 0 amide bonds. The zero-order valence-electron chi connectivity index (χ0n) is 11.4. The molecule has 0 saturated carbocycles. The summed E-state index contributed by atoms with van der Waals surface area (Å²) in [7, 11) is 0. The Balaban J connectivity index is 2.18. The number of carbonyl (C=O) groups is 1. The van der Waals surface area contributed by atoms with Crippen molar-refractivity contribution in [1.29, 1.82) is 0 Å². The van der Waals surface area contributed by atoms with Crippen molar-refractivity contribution in [3.63, 3.8) is 0 Å². The third kappa shape index (κ3) is 3.35. The predicted octanol–water partition coefficient (Wildman–Crippen LogP) is 3.75. The fourth-order valence-corrected chi connectivity index (χ4v) is 2.12. The van der Waals surface area contributed by atoms with Gasteiger partial charge in [0.1, 0.15) is 5.82 Å². The molecule has 20 heavy (non-hydrogen) atoms. The van der Waals surface area contributed by atoms with Crippen molar-refractivity contribution in [3.05, 3.63) is 64.5 Å². The van der Waals surface area contributed by atoms with Gasteiger partial charge >= 0.3 is 5.97 Å². The van der Waals surface area contributed by atoms with Crippen LogP contribution < -0.4 is 5.32 Å². The van der Waals surface area contributed by atoms with Gasteiger partial charge in [-0.3, -0.25) is 0 Å². The molecular weight excluding hydrogens is 257 g/mol. The Morgan fingerprint density at radius 2 is 1.80 bits per heavy atom. The molecule has 0 aliphatic rings. The molecule has 0 unspecified atom stereocenters. The molecule has 2 N–H and O–H groups in total. The number of carboxylic acid groups (broad SMARTS) is 1. The van der Waals surface area contributed by atoms with E-state index in [2.05, 4.69) is 11.4 Å². The van der Waals surface area contributed by atoms with Gasteiger partial charge in [0.15, 0.2) is 0 Å². The number of carboxylic acids is 1. The Bertz CT molecular complexity index is 633. The maximum atomic E-state index is 13.7. The zero-order chi connectivity index (χ0) is 14.7. The molecule has 3 nitrogen and oxygen atoms in total. The topological polar surface area (TPSA) is 49.3 Å². The normalized spacial score (nSPS) is 10.3. The van der Waals surface area contributed by atoms with E-state index in [1.807, 2.05) is 26.0 Å². The van der Waals surface area contributed by atoms with Crippen molar-refractivity contribution in [2.75, 3.05) is 5.32 Å². The molecule has 0 atom stereocenters. The van der Waals surface area contributed by atoms with E-state index in [9.17, 15) is 9.18 Å². The Hall–Kier alpha value is -2.36. The van der Waals surface area contributed by atoms with Gasteiger partial charge in [-0.15, -0.1) is 0 Å². The zero-order valence-corrected chi connectivity index (χ0v) is 11.4. The second-order valence-electron chi connectivity index (χ2n) is 4.84. The van der Waals surface area contributed by atoms with Crippen LogP contribution in [0.25, 0.3) is 0 Å². The lowest BCUT2D eigenvalue weighted by atomic mass is 10.1. The molecule has 0 bridgehead atoms. The maximum Gasteiger partial charge on any atom is 0.335 e.